The number of aryl methyl sites for hydroxylation is 1. The van der Waals surface area contributed by atoms with E-state index in [-0.39, 0.29) is 35.0 Å². The van der Waals surface area contributed by atoms with Gasteiger partial charge in [-0.1, -0.05) is 18.2 Å². The fourth-order valence-corrected chi connectivity index (χ4v) is 5.52. The number of ether oxygens (including phenoxy) is 3. The first-order chi connectivity index (χ1) is 17.4. The van der Waals surface area contributed by atoms with Crippen molar-refractivity contribution in [1.29, 1.82) is 0 Å². The zero-order chi connectivity index (χ0) is 25.3. The fraction of sp³-hybridized carbons (Fsp3) is 0.240. The van der Waals surface area contributed by atoms with E-state index in [1.165, 1.54) is 34.4 Å². The first-order valence-electron chi connectivity index (χ1n) is 11.3. The minimum absolute atomic E-state index is 0.0627. The highest BCUT2D eigenvalue weighted by molar-refractivity contribution is 7.89. The Kier molecular flexibility index (Phi) is 6.44. The number of rotatable bonds is 6. The predicted molar refractivity (Wildman–Crippen MR) is 131 cm³/mol. The second kappa shape index (κ2) is 9.69. The quantitative estimate of drug-likeness (QED) is 0.289. The van der Waals surface area contributed by atoms with Gasteiger partial charge in [-0.05, 0) is 55.0 Å². The summed E-state index contributed by atoms with van der Waals surface area (Å²) in [5.41, 5.74) is 2.87. The van der Waals surface area contributed by atoms with Crippen LogP contribution in [0.3, 0.4) is 0 Å². The van der Waals surface area contributed by atoms with Crippen molar-refractivity contribution in [3.05, 3.63) is 71.8 Å². The summed E-state index contributed by atoms with van der Waals surface area (Å²) in [6.45, 7) is 2.95. The van der Waals surface area contributed by atoms with Crippen LogP contribution in [-0.2, 0) is 14.8 Å². The van der Waals surface area contributed by atoms with E-state index < -0.39 is 16.0 Å². The van der Waals surface area contributed by atoms with E-state index in [4.69, 9.17) is 14.2 Å². The van der Waals surface area contributed by atoms with Crippen LogP contribution in [0.4, 0.5) is 0 Å². The van der Waals surface area contributed by atoms with E-state index >= 15 is 0 Å². The normalized spacial score (nSPS) is 14.6. The number of nitrogens with zero attached hydrogens (tertiary/aromatic N) is 4. The highest BCUT2D eigenvalue weighted by atomic mass is 32.2. The van der Waals surface area contributed by atoms with Gasteiger partial charge in [0.1, 0.15) is 27.4 Å². The molecule has 1 saturated heterocycles. The second-order valence-electron chi connectivity index (χ2n) is 8.22. The molecule has 5 rings (SSSR count). The van der Waals surface area contributed by atoms with Crippen molar-refractivity contribution in [1.82, 2.24) is 19.3 Å². The molecule has 0 aliphatic carbocycles. The Bertz CT molecular complexity index is 1510. The van der Waals surface area contributed by atoms with Crippen molar-refractivity contribution in [3.63, 3.8) is 0 Å². The van der Waals surface area contributed by atoms with Crippen molar-refractivity contribution in [2.24, 2.45) is 0 Å². The van der Waals surface area contributed by atoms with Crippen molar-refractivity contribution in [2.75, 3.05) is 33.4 Å². The maximum atomic E-state index is 13.3. The van der Waals surface area contributed by atoms with Crippen molar-refractivity contribution in [3.8, 4) is 17.2 Å². The molecule has 0 spiro atoms. The summed E-state index contributed by atoms with van der Waals surface area (Å²) in [4.78, 5) is 14.5. The molecule has 0 bridgehead atoms. The van der Waals surface area contributed by atoms with Crippen LogP contribution >= 0.6 is 0 Å². The van der Waals surface area contributed by atoms with E-state index in [0.717, 1.165) is 5.56 Å². The Labute approximate surface area is 208 Å². The van der Waals surface area contributed by atoms with Gasteiger partial charge >= 0.3 is 5.97 Å². The molecule has 1 aliphatic rings. The lowest BCUT2D eigenvalue weighted by molar-refractivity contribution is 0.0726. The number of aromatic nitrogens is 3. The monoisotopic (exact) mass is 508 g/mol. The third kappa shape index (κ3) is 4.55. The minimum Gasteiger partial charge on any atom is -0.495 e. The molecule has 0 saturated carbocycles. The summed E-state index contributed by atoms with van der Waals surface area (Å²) >= 11 is 0. The summed E-state index contributed by atoms with van der Waals surface area (Å²) in [5.74, 6) is -0.348. The molecule has 1 aliphatic heterocycles. The summed E-state index contributed by atoms with van der Waals surface area (Å²) in [7, 11) is -2.53. The van der Waals surface area contributed by atoms with Gasteiger partial charge in [0.2, 0.25) is 10.0 Å². The molecule has 11 heteroatoms. The topological polar surface area (TPSA) is 113 Å². The van der Waals surface area contributed by atoms with Gasteiger partial charge in [0.05, 0.1) is 25.9 Å². The van der Waals surface area contributed by atoms with Gasteiger partial charge in [-0.15, -0.1) is 15.0 Å². The molecule has 1 fully saturated rings. The lowest BCUT2D eigenvalue weighted by Gasteiger charge is -2.26. The van der Waals surface area contributed by atoms with Crippen LogP contribution in [0.2, 0.25) is 0 Å². The third-order valence-electron chi connectivity index (χ3n) is 5.81. The Morgan fingerprint density at radius 1 is 0.944 bits per heavy atom. The number of sulfonamides is 1. The number of carbonyl (C=O) groups excluding carboxylic acids is 1. The Morgan fingerprint density at radius 2 is 1.61 bits per heavy atom. The van der Waals surface area contributed by atoms with Gasteiger partial charge in [-0.3, -0.25) is 0 Å². The minimum atomic E-state index is -3.91. The zero-order valence-corrected chi connectivity index (χ0v) is 20.6. The number of hydrogen-bond donors (Lipinski definition) is 0. The standard InChI is InChI=1S/C25H24N4O6S/c1-17-7-9-22(21(15-17)29-26-19-5-3-4-6-20(19)27-29)35-25(30)18-8-10-23(33-2)24(16-18)36(31,32)28-11-13-34-14-12-28/h3-10,15-16H,11-14H2,1-2H3. The van der Waals surface area contributed by atoms with Crippen LogP contribution in [0.15, 0.2) is 65.6 Å². The van der Waals surface area contributed by atoms with Gasteiger partial charge in [-0.25, -0.2) is 13.2 Å². The van der Waals surface area contributed by atoms with Gasteiger partial charge in [-0.2, -0.15) is 4.31 Å². The van der Waals surface area contributed by atoms with Crippen molar-refractivity contribution < 1.29 is 27.4 Å². The molecule has 0 amide bonds. The van der Waals surface area contributed by atoms with E-state index in [1.54, 1.807) is 12.1 Å². The fourth-order valence-electron chi connectivity index (χ4n) is 3.93. The first-order valence-corrected chi connectivity index (χ1v) is 12.7. The molecular formula is C25H24N4O6S. The number of fused-ring (bicyclic) bond motifs is 1. The highest BCUT2D eigenvalue weighted by Gasteiger charge is 2.30. The highest BCUT2D eigenvalue weighted by Crippen LogP contribution is 2.30. The molecule has 0 atom stereocenters. The van der Waals surface area contributed by atoms with Gasteiger partial charge in [0.25, 0.3) is 0 Å². The Morgan fingerprint density at radius 3 is 2.28 bits per heavy atom. The van der Waals surface area contributed by atoms with Crippen LogP contribution in [-0.4, -0.2) is 67.1 Å². The van der Waals surface area contributed by atoms with Crippen LogP contribution in [0, 0.1) is 6.92 Å². The van der Waals surface area contributed by atoms with Gasteiger partial charge < -0.3 is 14.2 Å². The van der Waals surface area contributed by atoms with E-state index in [2.05, 4.69) is 10.2 Å². The molecule has 0 N–H and O–H groups in total. The SMILES string of the molecule is COc1ccc(C(=O)Oc2ccc(C)cc2-n2nc3ccccc3n2)cc1S(=O)(=O)N1CCOCC1. The number of esters is 1. The number of morpholine rings is 1. The van der Waals surface area contributed by atoms with Crippen LogP contribution in [0.5, 0.6) is 11.5 Å². The number of hydrogen-bond acceptors (Lipinski definition) is 8. The molecule has 186 valence electrons. The Balaban J connectivity index is 1.49. The molecule has 0 radical (unpaired) electrons. The van der Waals surface area contributed by atoms with Gasteiger partial charge in [0.15, 0.2) is 5.75 Å². The molecular weight excluding hydrogens is 484 g/mol. The number of benzene rings is 3. The van der Waals surface area contributed by atoms with Crippen LogP contribution < -0.4 is 9.47 Å². The molecule has 36 heavy (non-hydrogen) atoms. The average molecular weight is 509 g/mol. The molecule has 10 nitrogen and oxygen atoms in total. The third-order valence-corrected chi connectivity index (χ3v) is 7.73. The van der Waals surface area contributed by atoms with Gasteiger partial charge in [0, 0.05) is 13.1 Å². The summed E-state index contributed by atoms with van der Waals surface area (Å²) in [5, 5.41) is 8.98. The molecule has 1 aromatic heterocycles. The Hall–Kier alpha value is -3.80. The predicted octanol–water partition coefficient (Wildman–Crippen LogP) is 2.98. The van der Waals surface area contributed by atoms with Crippen molar-refractivity contribution in [2.45, 2.75) is 11.8 Å². The summed E-state index contributed by atoms with van der Waals surface area (Å²) in [6, 6.07) is 16.9. The smallest absolute Gasteiger partial charge is 0.343 e. The lowest BCUT2D eigenvalue weighted by atomic mass is 10.2. The number of methoxy groups -OCH3 is 1. The maximum absolute atomic E-state index is 13.3. The zero-order valence-electron chi connectivity index (χ0n) is 19.7. The number of carbonyl (C=O) groups is 1. The van der Waals surface area contributed by atoms with Crippen molar-refractivity contribution >= 4 is 27.0 Å². The maximum Gasteiger partial charge on any atom is 0.343 e. The summed E-state index contributed by atoms with van der Waals surface area (Å²) < 4.78 is 44.1. The van der Waals surface area contributed by atoms with E-state index in [9.17, 15) is 13.2 Å². The largest absolute Gasteiger partial charge is 0.495 e. The molecule has 4 aromatic rings. The second-order valence-corrected chi connectivity index (χ2v) is 10.1. The van der Waals surface area contributed by atoms with E-state index in [0.29, 0.717) is 29.9 Å². The average Bonchev–Trinajstić information content (AvgIpc) is 3.34. The van der Waals surface area contributed by atoms with Crippen LogP contribution in [0.1, 0.15) is 15.9 Å². The lowest BCUT2D eigenvalue weighted by Crippen LogP contribution is -2.40. The van der Waals surface area contributed by atoms with Crippen LogP contribution in [0.25, 0.3) is 16.7 Å². The molecule has 3 aromatic carbocycles. The van der Waals surface area contributed by atoms with E-state index in [1.807, 2.05) is 37.3 Å². The molecule has 2 heterocycles. The summed E-state index contributed by atoms with van der Waals surface area (Å²) in [6.07, 6.45) is 0. The molecule has 0 unspecified atom stereocenters. The first kappa shape index (κ1) is 23.9.